The van der Waals surface area contributed by atoms with Gasteiger partial charge in [-0.3, -0.25) is 9.78 Å². The van der Waals surface area contributed by atoms with E-state index in [1.54, 1.807) is 0 Å². The monoisotopic (exact) mass is 410 g/mol. The summed E-state index contributed by atoms with van der Waals surface area (Å²) in [5.41, 5.74) is 4.43. The molecule has 3 heterocycles. The van der Waals surface area contributed by atoms with Crippen molar-refractivity contribution in [1.82, 2.24) is 9.97 Å². The first-order chi connectivity index (χ1) is 14.6. The van der Waals surface area contributed by atoms with E-state index in [4.69, 9.17) is 4.98 Å². The number of hydrogen-bond donors (Lipinski definition) is 3. The molecule has 160 valence electrons. The fraction of sp³-hybridized carbons (Fsp3) is 0.565. The van der Waals surface area contributed by atoms with E-state index in [9.17, 15) is 15.0 Å². The highest BCUT2D eigenvalue weighted by atomic mass is 16.3. The lowest BCUT2D eigenvalue weighted by Gasteiger charge is -2.40. The zero-order valence-corrected chi connectivity index (χ0v) is 17.3. The second kappa shape index (κ2) is 7.71. The number of benzene rings is 1. The van der Waals surface area contributed by atoms with E-state index in [0.717, 1.165) is 69.4 Å². The maximum absolute atomic E-state index is 12.5. The summed E-state index contributed by atoms with van der Waals surface area (Å²) in [4.78, 5) is 24.8. The van der Waals surface area contributed by atoms with E-state index < -0.39 is 6.10 Å². The van der Waals surface area contributed by atoms with E-state index in [1.165, 1.54) is 11.3 Å². The Morgan fingerprint density at radius 1 is 1.17 bits per heavy atom. The fourth-order valence-corrected chi connectivity index (χ4v) is 5.52. The molecule has 2 aromatic rings. The summed E-state index contributed by atoms with van der Waals surface area (Å²) < 4.78 is 0. The minimum Gasteiger partial charge on any atom is -0.394 e. The maximum atomic E-state index is 12.5. The van der Waals surface area contributed by atoms with Crippen LogP contribution in [0.3, 0.4) is 0 Å². The molecular weight excluding hydrogens is 380 g/mol. The molecule has 1 aliphatic carbocycles. The van der Waals surface area contributed by atoms with E-state index in [0.29, 0.717) is 12.5 Å². The first-order valence-corrected chi connectivity index (χ1v) is 11.1. The first-order valence-electron chi connectivity index (χ1n) is 11.1. The first kappa shape index (κ1) is 19.6. The second-order valence-corrected chi connectivity index (χ2v) is 9.02. The number of β-amino-alcohol motifs (C(OH)–C–C–N with tert-alkyl or cyclic N) is 1. The predicted octanol–water partition coefficient (Wildman–Crippen LogP) is 1.36. The average Bonchev–Trinajstić information content (AvgIpc) is 3.07. The van der Waals surface area contributed by atoms with Gasteiger partial charge in [-0.25, -0.2) is 4.98 Å². The Morgan fingerprint density at radius 3 is 2.73 bits per heavy atom. The minimum atomic E-state index is -0.738. The van der Waals surface area contributed by atoms with Gasteiger partial charge in [0.1, 0.15) is 0 Å². The van der Waals surface area contributed by atoms with Crippen molar-refractivity contribution in [1.29, 1.82) is 0 Å². The van der Waals surface area contributed by atoms with Crippen LogP contribution in [0.15, 0.2) is 29.1 Å². The molecule has 0 bridgehead atoms. The summed E-state index contributed by atoms with van der Waals surface area (Å²) in [6.07, 6.45) is 5.13. The van der Waals surface area contributed by atoms with Crippen molar-refractivity contribution in [2.24, 2.45) is 0 Å². The largest absolute Gasteiger partial charge is 0.394 e. The number of piperidine rings is 1. The molecule has 7 heteroatoms. The van der Waals surface area contributed by atoms with Crippen molar-refractivity contribution in [3.05, 3.63) is 51.4 Å². The van der Waals surface area contributed by atoms with Gasteiger partial charge in [0.05, 0.1) is 18.4 Å². The van der Waals surface area contributed by atoms with Gasteiger partial charge in [-0.15, -0.1) is 0 Å². The third-order valence-electron chi connectivity index (χ3n) is 7.15. The number of aryl methyl sites for hydroxylation is 1. The molecule has 1 saturated heterocycles. The topological polar surface area (TPSA) is 92.7 Å². The fourth-order valence-electron chi connectivity index (χ4n) is 5.52. The van der Waals surface area contributed by atoms with Crippen molar-refractivity contribution in [2.75, 3.05) is 42.6 Å². The van der Waals surface area contributed by atoms with Crippen LogP contribution in [0.5, 0.6) is 0 Å². The minimum absolute atomic E-state index is 0.0327. The van der Waals surface area contributed by atoms with E-state index in [2.05, 4.69) is 33.0 Å². The van der Waals surface area contributed by atoms with Gasteiger partial charge in [0, 0.05) is 42.8 Å². The number of hydrogen-bond acceptors (Lipinski definition) is 6. The molecule has 1 aromatic carbocycles. The Morgan fingerprint density at radius 2 is 1.93 bits per heavy atom. The Labute approximate surface area is 176 Å². The van der Waals surface area contributed by atoms with Gasteiger partial charge < -0.3 is 20.0 Å². The highest BCUT2D eigenvalue weighted by Gasteiger charge is 2.45. The average molecular weight is 411 g/mol. The number of aromatic amines is 1. The Hall–Kier alpha value is -2.38. The number of fused-ring (bicyclic) bond motifs is 3. The lowest BCUT2D eigenvalue weighted by atomic mass is 9.74. The molecule has 3 N–H and O–H groups in total. The maximum Gasteiger partial charge on any atom is 0.255 e. The zero-order valence-electron chi connectivity index (χ0n) is 17.3. The van der Waals surface area contributed by atoms with Crippen LogP contribution in [0.4, 0.5) is 11.6 Å². The molecule has 7 nitrogen and oxygen atoms in total. The van der Waals surface area contributed by atoms with E-state index >= 15 is 0 Å². The molecule has 0 radical (unpaired) electrons. The van der Waals surface area contributed by atoms with Crippen molar-refractivity contribution in [3.63, 3.8) is 0 Å². The standard InChI is InChI=1S/C23H30N4O3/c28-14-16(29)13-27-15-23(18-6-2-4-8-20(18)27)9-11-26(12-10-23)22-24-19-7-3-1-5-17(19)21(30)25-22/h2,4,6,8,16,28-29H,1,3,5,7,9-15H2,(H,24,25,30). The van der Waals surface area contributed by atoms with Crippen LogP contribution >= 0.6 is 0 Å². The lowest BCUT2D eigenvalue weighted by molar-refractivity contribution is 0.0993. The van der Waals surface area contributed by atoms with Crippen molar-refractivity contribution in [2.45, 2.75) is 50.0 Å². The summed E-state index contributed by atoms with van der Waals surface area (Å²) in [6, 6.07) is 8.44. The molecule has 30 heavy (non-hydrogen) atoms. The zero-order chi connectivity index (χ0) is 20.7. The molecule has 1 unspecified atom stereocenters. The summed E-state index contributed by atoms with van der Waals surface area (Å²) in [5.74, 6) is 0.717. The third-order valence-corrected chi connectivity index (χ3v) is 7.15. The highest BCUT2D eigenvalue weighted by Crippen LogP contribution is 2.47. The van der Waals surface area contributed by atoms with Crippen molar-refractivity contribution < 1.29 is 10.2 Å². The molecule has 2 aliphatic heterocycles. The molecular formula is C23H30N4O3. The number of nitrogens with zero attached hydrogens (tertiary/aromatic N) is 3. The number of nitrogens with one attached hydrogen (secondary N) is 1. The molecule has 0 saturated carbocycles. The number of aliphatic hydroxyl groups excluding tert-OH is 2. The third kappa shape index (κ3) is 3.30. The van der Waals surface area contributed by atoms with Crippen LogP contribution in [0.25, 0.3) is 0 Å². The predicted molar refractivity (Wildman–Crippen MR) is 116 cm³/mol. The molecule has 5 rings (SSSR count). The van der Waals surface area contributed by atoms with Gasteiger partial charge in [-0.05, 0) is 50.2 Å². The van der Waals surface area contributed by atoms with Gasteiger partial charge in [0.15, 0.2) is 0 Å². The normalized spacial score (nSPS) is 20.9. The van der Waals surface area contributed by atoms with Crippen LogP contribution in [-0.4, -0.2) is 59.1 Å². The van der Waals surface area contributed by atoms with Crippen LogP contribution in [0.1, 0.15) is 42.5 Å². The lowest BCUT2D eigenvalue weighted by Crippen LogP contribution is -2.47. The number of aromatic nitrogens is 2. The number of para-hydroxylation sites is 1. The van der Waals surface area contributed by atoms with Crippen molar-refractivity contribution >= 4 is 11.6 Å². The smallest absolute Gasteiger partial charge is 0.255 e. The second-order valence-electron chi connectivity index (χ2n) is 9.02. The molecule has 1 atom stereocenters. The van der Waals surface area contributed by atoms with Gasteiger partial charge in [0.2, 0.25) is 5.95 Å². The molecule has 1 fully saturated rings. The van der Waals surface area contributed by atoms with E-state index in [-0.39, 0.29) is 17.6 Å². The highest BCUT2D eigenvalue weighted by molar-refractivity contribution is 5.63. The van der Waals surface area contributed by atoms with Gasteiger partial charge in [-0.2, -0.15) is 0 Å². The number of anilines is 2. The van der Waals surface area contributed by atoms with E-state index in [1.807, 2.05) is 6.07 Å². The van der Waals surface area contributed by atoms with Crippen LogP contribution < -0.4 is 15.4 Å². The van der Waals surface area contributed by atoms with Crippen molar-refractivity contribution in [3.8, 4) is 0 Å². The Kier molecular flexibility index (Phi) is 5.03. The number of aliphatic hydroxyl groups is 2. The Balaban J connectivity index is 1.37. The van der Waals surface area contributed by atoms with Crippen LogP contribution in [-0.2, 0) is 18.3 Å². The van der Waals surface area contributed by atoms with Gasteiger partial charge in [-0.1, -0.05) is 18.2 Å². The summed E-state index contributed by atoms with van der Waals surface area (Å²) in [5, 5.41) is 19.3. The quantitative estimate of drug-likeness (QED) is 0.705. The number of H-pyrrole nitrogens is 1. The van der Waals surface area contributed by atoms with Crippen LogP contribution in [0.2, 0.25) is 0 Å². The summed E-state index contributed by atoms with van der Waals surface area (Å²) in [7, 11) is 0. The van der Waals surface area contributed by atoms with Gasteiger partial charge in [0.25, 0.3) is 5.56 Å². The summed E-state index contributed by atoms with van der Waals surface area (Å²) >= 11 is 0. The number of rotatable bonds is 4. The molecule has 1 aromatic heterocycles. The molecule has 0 amide bonds. The molecule has 3 aliphatic rings. The summed E-state index contributed by atoms with van der Waals surface area (Å²) in [6.45, 7) is 2.75. The van der Waals surface area contributed by atoms with Gasteiger partial charge >= 0.3 is 0 Å². The molecule has 1 spiro atoms. The Bertz CT molecular complexity index is 981. The SMILES string of the molecule is O=c1[nH]c(N2CCC3(CC2)CN(CC(O)CO)c2ccccc23)nc2c1CCCC2. The van der Waals surface area contributed by atoms with Crippen LogP contribution in [0, 0.1) is 0 Å².